The van der Waals surface area contributed by atoms with E-state index < -0.39 is 0 Å². The molecule has 0 fully saturated rings. The third-order valence-electron chi connectivity index (χ3n) is 1.23. The highest BCUT2D eigenvalue weighted by molar-refractivity contribution is 8.02. The molecule has 0 rings (SSSR count). The van der Waals surface area contributed by atoms with Crippen molar-refractivity contribution in [2.75, 3.05) is 5.75 Å². The Morgan fingerprint density at radius 2 is 2.09 bits per heavy atom. The summed E-state index contributed by atoms with van der Waals surface area (Å²) < 4.78 is 0. The van der Waals surface area contributed by atoms with E-state index in [1.807, 2.05) is 13.0 Å². The van der Waals surface area contributed by atoms with Crippen molar-refractivity contribution in [3.8, 4) is 0 Å². The van der Waals surface area contributed by atoms with Crippen LogP contribution in [0.25, 0.3) is 0 Å². The van der Waals surface area contributed by atoms with E-state index in [9.17, 15) is 0 Å². The van der Waals surface area contributed by atoms with E-state index in [-0.39, 0.29) is 0 Å². The molecule has 0 aromatic heterocycles. The number of hydrogen-bond acceptors (Lipinski definition) is 1. The lowest BCUT2D eigenvalue weighted by molar-refractivity contribution is 1.47. The highest BCUT2D eigenvalue weighted by Crippen LogP contribution is 2.13. The minimum atomic E-state index is 0.946. The molecule has 0 radical (unpaired) electrons. The predicted octanol–water partition coefficient (Wildman–Crippen LogP) is 3.55. The van der Waals surface area contributed by atoms with Crippen LogP contribution in [0.5, 0.6) is 0 Å². The van der Waals surface area contributed by atoms with Crippen LogP contribution in [0.3, 0.4) is 0 Å². The van der Waals surface area contributed by atoms with E-state index in [0.29, 0.717) is 0 Å². The molecule has 0 N–H and O–H groups in total. The number of hydrogen-bond donors (Lipinski definition) is 0. The first-order valence-electron chi connectivity index (χ1n) is 3.43. The zero-order chi connectivity index (χ0) is 8.69. The van der Waals surface area contributed by atoms with Crippen LogP contribution >= 0.6 is 11.8 Å². The summed E-state index contributed by atoms with van der Waals surface area (Å²) in [7, 11) is 0. The lowest BCUT2D eigenvalue weighted by Crippen LogP contribution is -1.76. The SMILES string of the molecule is C=CCS/C=C(/C)C(=C)C=C. The third-order valence-corrected chi connectivity index (χ3v) is 2.18. The fraction of sp³-hybridized carbons (Fsp3) is 0.200. The van der Waals surface area contributed by atoms with Gasteiger partial charge in [0, 0.05) is 5.75 Å². The van der Waals surface area contributed by atoms with E-state index in [2.05, 4.69) is 25.1 Å². The van der Waals surface area contributed by atoms with Crippen molar-refractivity contribution in [3.05, 3.63) is 48.4 Å². The molecule has 0 aromatic carbocycles. The van der Waals surface area contributed by atoms with Crippen LogP contribution in [-0.2, 0) is 0 Å². The maximum absolute atomic E-state index is 3.83. The lowest BCUT2D eigenvalue weighted by atomic mass is 10.2. The van der Waals surface area contributed by atoms with Gasteiger partial charge in [0.2, 0.25) is 0 Å². The summed E-state index contributed by atoms with van der Waals surface area (Å²) >= 11 is 1.72. The molecule has 0 aromatic rings. The molecular weight excluding hydrogens is 152 g/mol. The van der Waals surface area contributed by atoms with Crippen molar-refractivity contribution < 1.29 is 0 Å². The first kappa shape index (κ1) is 10.3. The molecule has 0 heterocycles. The Balaban J connectivity index is 3.89. The molecule has 60 valence electrons. The monoisotopic (exact) mass is 166 g/mol. The van der Waals surface area contributed by atoms with Crippen molar-refractivity contribution in [1.29, 1.82) is 0 Å². The summed E-state index contributed by atoms with van der Waals surface area (Å²) in [5.41, 5.74) is 2.16. The van der Waals surface area contributed by atoms with Crippen LogP contribution in [0.2, 0.25) is 0 Å². The normalized spacial score (nSPS) is 10.8. The van der Waals surface area contributed by atoms with Gasteiger partial charge in [-0.05, 0) is 23.5 Å². The van der Waals surface area contributed by atoms with Gasteiger partial charge >= 0.3 is 0 Å². The summed E-state index contributed by atoms with van der Waals surface area (Å²) in [5.74, 6) is 0.946. The van der Waals surface area contributed by atoms with Gasteiger partial charge in [-0.2, -0.15) is 0 Å². The largest absolute Gasteiger partial charge is 0.130 e. The van der Waals surface area contributed by atoms with E-state index in [1.165, 1.54) is 5.57 Å². The molecule has 0 spiro atoms. The second kappa shape index (κ2) is 6.05. The molecule has 0 amide bonds. The Kier molecular flexibility index (Phi) is 5.67. The molecule has 0 bridgehead atoms. The molecule has 0 aliphatic heterocycles. The van der Waals surface area contributed by atoms with Crippen LogP contribution in [0.1, 0.15) is 6.92 Å². The second-order valence-corrected chi connectivity index (χ2v) is 3.05. The maximum Gasteiger partial charge on any atom is 0.0152 e. The van der Waals surface area contributed by atoms with Gasteiger partial charge in [0.25, 0.3) is 0 Å². The molecule has 0 saturated carbocycles. The third kappa shape index (κ3) is 4.68. The average Bonchev–Trinajstić information content (AvgIpc) is 2.03. The molecule has 0 aliphatic rings. The van der Waals surface area contributed by atoms with Crippen molar-refractivity contribution >= 4 is 11.8 Å². The highest BCUT2D eigenvalue weighted by atomic mass is 32.2. The van der Waals surface area contributed by atoms with Gasteiger partial charge in [0.05, 0.1) is 0 Å². The minimum absolute atomic E-state index is 0.946. The van der Waals surface area contributed by atoms with Crippen molar-refractivity contribution in [2.45, 2.75) is 6.92 Å². The van der Waals surface area contributed by atoms with Crippen molar-refractivity contribution in [2.24, 2.45) is 0 Å². The topological polar surface area (TPSA) is 0 Å². The molecule has 0 unspecified atom stereocenters. The summed E-state index contributed by atoms with van der Waals surface area (Å²) in [6.07, 6.45) is 3.64. The minimum Gasteiger partial charge on any atom is -0.130 e. The van der Waals surface area contributed by atoms with Crippen LogP contribution in [0.4, 0.5) is 0 Å². The Labute approximate surface area is 73.4 Å². The van der Waals surface area contributed by atoms with E-state index >= 15 is 0 Å². The lowest BCUT2D eigenvalue weighted by Gasteiger charge is -1.97. The Morgan fingerprint density at radius 3 is 2.55 bits per heavy atom. The Bertz CT molecular complexity index is 187. The standard InChI is InChI=1S/C10H14S/c1-5-7-11-8-10(4)9(3)6-2/h5-6,8H,1-3,7H2,4H3/b10-8-. The van der Waals surface area contributed by atoms with Gasteiger partial charge in [-0.1, -0.05) is 25.3 Å². The molecular formula is C10H14S. The van der Waals surface area contributed by atoms with Gasteiger partial charge in [-0.15, -0.1) is 18.3 Å². The zero-order valence-electron chi connectivity index (χ0n) is 6.97. The average molecular weight is 166 g/mol. The van der Waals surface area contributed by atoms with Crippen molar-refractivity contribution in [1.82, 2.24) is 0 Å². The fourth-order valence-electron chi connectivity index (χ4n) is 0.478. The molecule has 0 nitrogen and oxygen atoms in total. The highest BCUT2D eigenvalue weighted by Gasteiger charge is 1.89. The van der Waals surface area contributed by atoms with Gasteiger partial charge in [-0.25, -0.2) is 0 Å². The molecule has 0 saturated heterocycles. The molecule has 11 heavy (non-hydrogen) atoms. The van der Waals surface area contributed by atoms with E-state index in [0.717, 1.165) is 11.3 Å². The van der Waals surface area contributed by atoms with Crippen molar-refractivity contribution in [3.63, 3.8) is 0 Å². The predicted molar refractivity (Wildman–Crippen MR) is 55.7 cm³/mol. The fourth-order valence-corrected chi connectivity index (χ4v) is 1.11. The summed E-state index contributed by atoms with van der Waals surface area (Å²) in [5, 5.41) is 2.08. The van der Waals surface area contributed by atoms with Crippen LogP contribution in [0.15, 0.2) is 48.4 Å². The first-order valence-corrected chi connectivity index (χ1v) is 4.48. The Morgan fingerprint density at radius 1 is 1.45 bits per heavy atom. The number of allylic oxidation sites excluding steroid dienone is 3. The van der Waals surface area contributed by atoms with Crippen LogP contribution < -0.4 is 0 Å². The van der Waals surface area contributed by atoms with Gasteiger partial charge in [0.1, 0.15) is 0 Å². The van der Waals surface area contributed by atoms with Gasteiger partial charge in [0.15, 0.2) is 0 Å². The number of thioether (sulfide) groups is 1. The first-order chi connectivity index (χ1) is 5.22. The summed E-state index contributed by atoms with van der Waals surface area (Å²) in [6, 6.07) is 0. The van der Waals surface area contributed by atoms with Gasteiger partial charge in [-0.3, -0.25) is 0 Å². The quantitative estimate of drug-likeness (QED) is 0.342. The second-order valence-electron chi connectivity index (χ2n) is 2.15. The summed E-state index contributed by atoms with van der Waals surface area (Å²) in [4.78, 5) is 0. The van der Waals surface area contributed by atoms with E-state index in [1.54, 1.807) is 17.8 Å². The van der Waals surface area contributed by atoms with Crippen LogP contribution in [-0.4, -0.2) is 5.75 Å². The number of rotatable bonds is 5. The molecule has 0 atom stereocenters. The molecule has 1 heteroatoms. The maximum atomic E-state index is 3.83. The van der Waals surface area contributed by atoms with Gasteiger partial charge < -0.3 is 0 Å². The van der Waals surface area contributed by atoms with E-state index in [4.69, 9.17) is 0 Å². The summed E-state index contributed by atoms with van der Waals surface area (Å²) in [6.45, 7) is 13.1. The Hall–Kier alpha value is -0.690. The zero-order valence-corrected chi connectivity index (χ0v) is 7.79. The van der Waals surface area contributed by atoms with Crippen LogP contribution in [0, 0.1) is 0 Å². The molecule has 0 aliphatic carbocycles. The smallest absolute Gasteiger partial charge is 0.0152 e.